The molecule has 0 aliphatic carbocycles. The highest BCUT2D eigenvalue weighted by Crippen LogP contribution is 2.42. The SMILES string of the molecule is C#CCCCON(C(=O)[C@@H](CC(=O)[C@H]1CCCCN1C)[C@@H](C)CC)[C@H](C[C@@H](O[Si](C)(C)C(C)(C)C)c1nc(C(=O)OCC)cs1)C(C)C. The number of carbonyl (C=O) groups is 3. The Morgan fingerprint density at radius 3 is 2.44 bits per heavy atom. The third kappa shape index (κ3) is 11.8. The fraction of sp³-hybridized carbons (Fsp3) is 0.784. The molecule has 0 bridgehead atoms. The van der Waals surface area contributed by atoms with Gasteiger partial charge in [0.1, 0.15) is 5.01 Å². The summed E-state index contributed by atoms with van der Waals surface area (Å²) in [6.07, 6.45) is 10.5. The van der Waals surface area contributed by atoms with Gasteiger partial charge in [0.15, 0.2) is 19.8 Å². The second-order valence-corrected chi connectivity index (χ2v) is 20.8. The molecule has 1 aliphatic rings. The summed E-state index contributed by atoms with van der Waals surface area (Å²) in [4.78, 5) is 54.3. The zero-order chi connectivity index (χ0) is 36.2. The molecule has 1 aromatic heterocycles. The molecule has 1 aliphatic heterocycles. The van der Waals surface area contributed by atoms with Gasteiger partial charge in [-0.05, 0) is 69.7 Å². The second-order valence-electron chi connectivity index (χ2n) is 15.2. The Morgan fingerprint density at radius 1 is 1.19 bits per heavy atom. The van der Waals surface area contributed by atoms with Crippen molar-refractivity contribution in [2.75, 3.05) is 26.8 Å². The molecule has 5 atom stereocenters. The third-order valence-electron chi connectivity index (χ3n) is 10.2. The number of hydrogen-bond donors (Lipinski definition) is 0. The Labute approximate surface area is 295 Å². The molecule has 2 heterocycles. The fourth-order valence-electron chi connectivity index (χ4n) is 5.80. The van der Waals surface area contributed by atoms with Gasteiger partial charge in [-0.3, -0.25) is 19.3 Å². The summed E-state index contributed by atoms with van der Waals surface area (Å²) >= 11 is 1.37. The number of unbranched alkanes of at least 4 members (excludes halogenated alkanes) is 1. The molecular formula is C37H63N3O6SSi. The van der Waals surface area contributed by atoms with E-state index in [2.05, 4.69) is 72.4 Å². The van der Waals surface area contributed by atoms with Crippen LogP contribution in [0.5, 0.6) is 0 Å². The topological polar surface area (TPSA) is 98.3 Å². The number of aromatic nitrogens is 1. The van der Waals surface area contributed by atoms with Crippen LogP contribution in [-0.2, 0) is 23.6 Å². The third-order valence-corrected chi connectivity index (χ3v) is 15.6. The number of Topliss-reactive ketones (excluding diaryl/α,β-unsaturated/α-hetero) is 1. The van der Waals surface area contributed by atoms with Crippen molar-refractivity contribution in [2.45, 2.75) is 143 Å². The molecule has 0 aromatic carbocycles. The number of hydroxylamine groups is 2. The van der Waals surface area contributed by atoms with Crippen molar-refractivity contribution in [2.24, 2.45) is 17.8 Å². The predicted octanol–water partition coefficient (Wildman–Crippen LogP) is 8.08. The van der Waals surface area contributed by atoms with Crippen molar-refractivity contribution < 1.29 is 28.4 Å². The number of carbonyl (C=O) groups excluding carboxylic acids is 3. The molecule has 48 heavy (non-hydrogen) atoms. The van der Waals surface area contributed by atoms with E-state index in [9.17, 15) is 14.4 Å². The molecule has 272 valence electrons. The number of likely N-dealkylation sites (tertiary alicyclic amines) is 1. The lowest BCUT2D eigenvalue weighted by Crippen LogP contribution is -2.50. The summed E-state index contributed by atoms with van der Waals surface area (Å²) in [5, 5.41) is 3.85. The van der Waals surface area contributed by atoms with Gasteiger partial charge in [-0.15, -0.1) is 23.7 Å². The first-order valence-electron chi connectivity index (χ1n) is 17.9. The molecule has 9 nitrogen and oxygen atoms in total. The average Bonchev–Trinajstić information content (AvgIpc) is 3.52. The van der Waals surface area contributed by atoms with Gasteiger partial charge >= 0.3 is 5.97 Å². The first-order valence-corrected chi connectivity index (χ1v) is 21.7. The molecule has 0 spiro atoms. The summed E-state index contributed by atoms with van der Waals surface area (Å²) < 4.78 is 12.3. The maximum Gasteiger partial charge on any atom is 0.357 e. The van der Waals surface area contributed by atoms with Gasteiger partial charge in [0, 0.05) is 30.6 Å². The Morgan fingerprint density at radius 2 is 1.88 bits per heavy atom. The van der Waals surface area contributed by atoms with Gasteiger partial charge in [0.25, 0.3) is 0 Å². The van der Waals surface area contributed by atoms with Crippen LogP contribution in [0.25, 0.3) is 0 Å². The molecule has 1 fully saturated rings. The quantitative estimate of drug-likeness (QED) is 0.0469. The number of nitrogens with zero attached hydrogens (tertiary/aromatic N) is 3. The largest absolute Gasteiger partial charge is 0.461 e. The Balaban J connectivity index is 2.57. The van der Waals surface area contributed by atoms with Crippen molar-refractivity contribution >= 4 is 37.3 Å². The predicted molar refractivity (Wildman–Crippen MR) is 196 cm³/mol. The van der Waals surface area contributed by atoms with E-state index < -0.39 is 32.4 Å². The van der Waals surface area contributed by atoms with Crippen LogP contribution >= 0.6 is 11.3 Å². The molecular weight excluding hydrogens is 643 g/mol. The number of likely N-dealkylation sites (N-methyl/N-ethyl adjacent to an activating group) is 1. The van der Waals surface area contributed by atoms with Gasteiger partial charge < -0.3 is 9.16 Å². The highest BCUT2D eigenvalue weighted by molar-refractivity contribution is 7.09. The van der Waals surface area contributed by atoms with Crippen LogP contribution in [0, 0.1) is 30.1 Å². The lowest BCUT2D eigenvalue weighted by atomic mass is 9.83. The Kier molecular flexibility index (Phi) is 16.9. The van der Waals surface area contributed by atoms with Gasteiger partial charge in [-0.1, -0.05) is 61.3 Å². The van der Waals surface area contributed by atoms with Gasteiger partial charge in [-0.25, -0.2) is 14.8 Å². The number of hydrogen-bond acceptors (Lipinski definition) is 9. The van der Waals surface area contributed by atoms with Crippen LogP contribution in [-0.4, -0.2) is 79.8 Å². The van der Waals surface area contributed by atoms with Crippen LogP contribution in [0.1, 0.15) is 128 Å². The maximum absolute atomic E-state index is 14.8. The molecule has 11 heteroatoms. The van der Waals surface area contributed by atoms with Crippen molar-refractivity contribution in [3.63, 3.8) is 0 Å². The smallest absolute Gasteiger partial charge is 0.357 e. The number of ether oxygens (including phenoxy) is 1. The molecule has 0 saturated carbocycles. The van der Waals surface area contributed by atoms with Crippen LogP contribution in [0.3, 0.4) is 0 Å². The second kappa shape index (κ2) is 19.3. The minimum atomic E-state index is -2.34. The van der Waals surface area contributed by atoms with Crippen LogP contribution in [0.2, 0.25) is 18.1 Å². The van der Waals surface area contributed by atoms with Gasteiger partial charge in [0.2, 0.25) is 5.91 Å². The van der Waals surface area contributed by atoms with Crippen LogP contribution < -0.4 is 0 Å². The highest BCUT2D eigenvalue weighted by atomic mass is 32.1. The lowest BCUT2D eigenvalue weighted by Gasteiger charge is -2.42. The van der Waals surface area contributed by atoms with Crippen molar-refractivity contribution in [1.29, 1.82) is 0 Å². The summed E-state index contributed by atoms with van der Waals surface area (Å²) in [7, 11) is -0.336. The lowest BCUT2D eigenvalue weighted by molar-refractivity contribution is -0.214. The monoisotopic (exact) mass is 705 g/mol. The zero-order valence-electron chi connectivity index (χ0n) is 31.6. The summed E-state index contributed by atoms with van der Waals surface area (Å²) in [6, 6.07) is -0.558. The van der Waals surface area contributed by atoms with Crippen molar-refractivity contribution in [3.8, 4) is 12.3 Å². The standard InChI is InChI=1S/C37H63N3O6SSi/c1-13-16-19-22-45-40(35(42)28(27(6)14-2)23-32(41)30-20-17-18-21-39(30)10)31(26(4)5)24-33(46-48(11,12)37(7,8)9)34-38-29(25-47-34)36(43)44-15-3/h1,25-28,30-31,33H,14-24H2,2-12H3/t27-,28-,30+,31+,33+/m0/s1. The first kappa shape index (κ1) is 42.1. The fourth-order valence-corrected chi connectivity index (χ4v) is 7.99. The van der Waals surface area contributed by atoms with Crippen molar-refractivity contribution in [3.05, 3.63) is 16.1 Å². The Bertz CT molecular complexity index is 1220. The van der Waals surface area contributed by atoms with E-state index in [1.807, 2.05) is 7.05 Å². The number of amides is 1. The average molecular weight is 706 g/mol. The minimum Gasteiger partial charge on any atom is -0.461 e. The summed E-state index contributed by atoms with van der Waals surface area (Å²) in [5.74, 6) is 1.57. The van der Waals surface area contributed by atoms with Gasteiger partial charge in [-0.2, -0.15) is 0 Å². The van der Waals surface area contributed by atoms with E-state index >= 15 is 0 Å². The van der Waals surface area contributed by atoms with E-state index in [0.717, 1.165) is 32.2 Å². The molecule has 1 saturated heterocycles. The normalized spacial score (nSPS) is 18.5. The molecule has 2 rings (SSSR count). The van der Waals surface area contributed by atoms with E-state index in [0.29, 0.717) is 24.3 Å². The van der Waals surface area contributed by atoms with Crippen LogP contribution in [0.15, 0.2) is 5.38 Å². The minimum absolute atomic E-state index is 0.0191. The van der Waals surface area contributed by atoms with E-state index in [-0.39, 0.29) is 59.9 Å². The molecule has 1 aromatic rings. The highest BCUT2D eigenvalue weighted by Gasteiger charge is 2.43. The van der Waals surface area contributed by atoms with E-state index in [1.165, 1.54) is 11.3 Å². The first-order chi connectivity index (χ1) is 22.5. The summed E-state index contributed by atoms with van der Waals surface area (Å²) in [5.41, 5.74) is 0.253. The van der Waals surface area contributed by atoms with E-state index in [4.69, 9.17) is 25.4 Å². The number of esters is 1. The number of thiazole rings is 1. The number of terminal acetylenes is 1. The summed E-state index contributed by atoms with van der Waals surface area (Å²) in [6.45, 7) is 22.4. The molecule has 0 radical (unpaired) electrons. The molecule has 0 unspecified atom stereocenters. The molecule has 0 N–H and O–H groups in total. The van der Waals surface area contributed by atoms with Crippen LogP contribution in [0.4, 0.5) is 0 Å². The Hall–Kier alpha value is -2.10. The van der Waals surface area contributed by atoms with Crippen molar-refractivity contribution in [1.82, 2.24) is 14.9 Å². The number of piperidine rings is 1. The van der Waals surface area contributed by atoms with Gasteiger partial charge in [0.05, 0.1) is 31.4 Å². The molecule has 1 amide bonds. The van der Waals surface area contributed by atoms with E-state index in [1.54, 1.807) is 17.4 Å². The number of ketones is 1. The number of rotatable bonds is 19. The maximum atomic E-state index is 14.8. The zero-order valence-corrected chi connectivity index (χ0v) is 33.4.